The molecule has 0 bridgehead atoms. The SMILES string of the molecule is Brc1cn(-c2nccs2)nc1C1CC1.CC1(C)OB(c2ccc(N)nc2)OC1(C)C.Nc1ccc(-c2cn(-c3nccs3)nc2C2CC2)cn1.Nc1ccc(-c2cn(-c3nccs3)nc2C2CC2)cn1.O=C(Cl)c1c(F)cccc1F.O=C(Nc1ccc(-c2cn(-c3nccs3)nc2C2CC2)cn1)c1c(F)cccc1F. The predicted octanol–water partition coefficient (Wildman–Crippen LogP) is 16.8. The van der Waals surface area contributed by atoms with Crippen LogP contribution >= 0.6 is 72.9 Å². The molecule has 4 saturated carbocycles. The summed E-state index contributed by atoms with van der Waals surface area (Å²) in [7, 11) is -0.363. The number of nitrogen functional groups attached to an aromatic ring is 3. The van der Waals surface area contributed by atoms with E-state index < -0.39 is 45.5 Å². The van der Waals surface area contributed by atoms with E-state index in [2.05, 4.69) is 66.2 Å². The summed E-state index contributed by atoms with van der Waals surface area (Å²) in [5.41, 5.74) is 26.4. The third-order valence-electron chi connectivity index (χ3n) is 18.4. The molecule has 4 aliphatic carbocycles. The first-order chi connectivity index (χ1) is 53.5. The molecule has 0 spiro atoms. The van der Waals surface area contributed by atoms with Gasteiger partial charge in [-0.25, -0.2) is 76.2 Å². The van der Waals surface area contributed by atoms with Crippen LogP contribution in [0, 0.1) is 23.3 Å². The van der Waals surface area contributed by atoms with Gasteiger partial charge >= 0.3 is 7.12 Å². The van der Waals surface area contributed by atoms with Crippen molar-refractivity contribution >= 4 is 120 Å². The second-order valence-corrected chi connectivity index (χ2v) is 31.9. The highest BCUT2D eigenvalue weighted by atomic mass is 79.9. The van der Waals surface area contributed by atoms with E-state index in [-0.39, 0.29) is 24.1 Å². The van der Waals surface area contributed by atoms with Gasteiger partial charge in [0.15, 0.2) is 0 Å². The molecule has 1 saturated heterocycles. The van der Waals surface area contributed by atoms with Crippen molar-refractivity contribution in [2.24, 2.45) is 0 Å². The van der Waals surface area contributed by atoms with E-state index in [1.807, 2.05) is 131 Å². The predicted molar refractivity (Wildman–Crippen MR) is 426 cm³/mol. The summed E-state index contributed by atoms with van der Waals surface area (Å²) in [6, 6.07) is 21.1. The molecule has 0 unspecified atom stereocenters. The Labute approximate surface area is 663 Å². The maximum Gasteiger partial charge on any atom is 0.496 e. The number of amides is 1. The Hall–Kier alpha value is -10.6. The Morgan fingerprint density at radius 2 is 0.811 bits per heavy atom. The Morgan fingerprint density at radius 3 is 1.13 bits per heavy atom. The molecule has 566 valence electrons. The van der Waals surface area contributed by atoms with Crippen LogP contribution in [0.1, 0.15) is 146 Å². The van der Waals surface area contributed by atoms with E-state index in [1.54, 1.807) is 94.1 Å². The molecule has 1 amide bonds. The van der Waals surface area contributed by atoms with Gasteiger partial charge in [0.05, 0.1) is 38.5 Å². The first-order valence-corrected chi connectivity index (χ1v) is 39.7. The van der Waals surface area contributed by atoms with Crippen molar-refractivity contribution in [1.82, 2.24) is 79.0 Å². The van der Waals surface area contributed by atoms with Crippen molar-refractivity contribution in [2.45, 2.75) is 114 Å². The van der Waals surface area contributed by atoms with Gasteiger partial charge in [-0.3, -0.25) is 9.59 Å². The fourth-order valence-electron chi connectivity index (χ4n) is 11.4. The maximum absolute atomic E-state index is 13.8. The molecule has 2 aromatic carbocycles. The monoisotopic (exact) mass is 1650 g/mol. The van der Waals surface area contributed by atoms with Gasteiger partial charge in [-0.2, -0.15) is 20.4 Å². The van der Waals surface area contributed by atoms with E-state index in [1.165, 1.54) is 61.6 Å². The number of nitrogens with zero attached hydrogens (tertiary/aromatic N) is 16. The standard InChI is InChI=1S/C21H15F2N5OS.2C14H13N5S.C11H17BN2O2.C9H8BrN3S.C7H3ClF2O/c22-15-2-1-3-16(23)18(15)20(29)26-17-7-6-13(10-25-17)14-11-28(21-24-8-9-30-21)27-19(14)12-4-5-12;2*15-12-4-3-10(7-17-12)11-8-19(14-16-5-6-20-14)18-13(11)9-1-2-9;1-10(2)11(3,4)16-12(15-10)8-5-6-9(13)14-7-8;10-7-5-13(9-11-3-4-14-9)12-8(7)6-1-2-6;8-7(11)6-4(9)2-1-3-5(6)10/h1-3,6-12H,4-5H2,(H,25,26,29);2*3-9H,1-2H2,(H2,15,17);5-7H,1-4H3,(H2,13,14);3-6H,1-2H2;1-3H. The van der Waals surface area contributed by atoms with E-state index in [0.717, 1.165) is 124 Å². The smallest absolute Gasteiger partial charge is 0.399 e. The van der Waals surface area contributed by atoms with Crippen LogP contribution in [0.2, 0.25) is 0 Å². The molecule has 12 aromatic heterocycles. The highest BCUT2D eigenvalue weighted by molar-refractivity contribution is 9.10. The highest BCUT2D eigenvalue weighted by Gasteiger charge is 2.52. The average molecular weight is 1660 g/mol. The first kappa shape index (κ1) is 77.2. The molecule has 19 rings (SSSR count). The van der Waals surface area contributed by atoms with Crippen molar-refractivity contribution in [3.8, 4) is 53.9 Å². The van der Waals surface area contributed by atoms with Gasteiger partial charge in [0, 0.05) is 158 Å². The molecule has 14 aromatic rings. The number of carbonyl (C=O) groups is 2. The number of carbonyl (C=O) groups excluding carboxylic acids is 2. The maximum atomic E-state index is 13.8. The van der Waals surface area contributed by atoms with Crippen LogP contribution in [0.15, 0.2) is 185 Å². The molecule has 7 N–H and O–H groups in total. The van der Waals surface area contributed by atoms with Crippen molar-refractivity contribution in [3.05, 3.63) is 242 Å². The summed E-state index contributed by atoms with van der Waals surface area (Å²) in [5.74, 6) is -0.602. The average Bonchev–Trinajstić information content (AvgIpc) is 1.65. The van der Waals surface area contributed by atoms with Crippen LogP contribution in [0.3, 0.4) is 0 Å². The summed E-state index contributed by atoms with van der Waals surface area (Å²) in [6.45, 7) is 8.10. The number of pyridine rings is 4. The summed E-state index contributed by atoms with van der Waals surface area (Å²) in [4.78, 5) is 56.4. The lowest BCUT2D eigenvalue weighted by molar-refractivity contribution is 0.00578. The Balaban J connectivity index is 0.000000114. The summed E-state index contributed by atoms with van der Waals surface area (Å²) >= 11 is 14.7. The van der Waals surface area contributed by atoms with Crippen LogP contribution in [-0.2, 0) is 9.31 Å². The summed E-state index contributed by atoms with van der Waals surface area (Å²) in [5, 5.41) is 31.2. The zero-order chi connectivity index (χ0) is 77.7. The molecular weight excluding hydrogens is 1590 g/mol. The fourth-order valence-corrected chi connectivity index (χ4v) is 14.4. The molecule has 1 aliphatic heterocycles. The lowest BCUT2D eigenvalue weighted by Crippen LogP contribution is -2.41. The number of benzene rings is 2. The normalized spacial score (nSPS) is 15.1. The van der Waals surface area contributed by atoms with Crippen molar-refractivity contribution in [1.29, 1.82) is 0 Å². The fraction of sp³-hybridized carbons (Fsp3) is 0.237. The Kier molecular flexibility index (Phi) is 23.3. The van der Waals surface area contributed by atoms with Crippen molar-refractivity contribution in [2.75, 3.05) is 22.5 Å². The molecule has 5 aliphatic rings. The number of aromatic nitrogens is 16. The molecular formula is C76H69BBrClF4N20O4S4. The molecule has 0 radical (unpaired) electrons. The number of halogens is 6. The van der Waals surface area contributed by atoms with Crippen molar-refractivity contribution < 1.29 is 36.5 Å². The molecule has 35 heteroatoms. The van der Waals surface area contributed by atoms with E-state index >= 15 is 0 Å². The Morgan fingerprint density at radius 1 is 0.468 bits per heavy atom. The van der Waals surface area contributed by atoms with Crippen molar-refractivity contribution in [3.63, 3.8) is 0 Å². The zero-order valence-electron chi connectivity index (χ0n) is 59.8. The molecule has 0 atom stereocenters. The molecule has 13 heterocycles. The van der Waals surface area contributed by atoms with Crippen LogP contribution < -0.4 is 28.0 Å². The number of nitrogens with one attached hydrogen (secondary N) is 1. The van der Waals surface area contributed by atoms with E-state index in [9.17, 15) is 27.2 Å². The van der Waals surface area contributed by atoms with Crippen LogP contribution in [0.5, 0.6) is 0 Å². The minimum atomic E-state index is -1.12. The number of anilines is 4. The van der Waals surface area contributed by atoms with Gasteiger partial charge in [0.1, 0.15) is 57.7 Å². The first-order valence-electron chi connectivity index (χ1n) is 35.0. The van der Waals surface area contributed by atoms with Crippen LogP contribution in [0.25, 0.3) is 53.9 Å². The van der Waals surface area contributed by atoms with Gasteiger partial charge < -0.3 is 31.8 Å². The second kappa shape index (κ2) is 33.5. The summed E-state index contributed by atoms with van der Waals surface area (Å²) < 4.78 is 72.9. The third kappa shape index (κ3) is 18.7. The third-order valence-corrected chi connectivity index (χ3v) is 22.3. The van der Waals surface area contributed by atoms with Crippen LogP contribution in [-0.4, -0.2) is 108 Å². The number of hydrogen-bond acceptors (Lipinski definition) is 23. The molecule has 5 fully saturated rings. The van der Waals surface area contributed by atoms with Gasteiger partial charge in [-0.1, -0.05) is 18.2 Å². The van der Waals surface area contributed by atoms with Gasteiger partial charge in [0.2, 0.25) is 20.5 Å². The topological polar surface area (TPSA) is 317 Å². The second-order valence-electron chi connectivity index (χ2n) is 27.2. The highest BCUT2D eigenvalue weighted by Crippen LogP contribution is 2.47. The van der Waals surface area contributed by atoms with Gasteiger partial charge in [-0.15, -0.1) is 45.3 Å². The Bertz CT molecular complexity index is 5320. The number of thiazole rings is 4. The number of nitrogens with two attached hydrogens (primary N) is 3. The largest absolute Gasteiger partial charge is 0.496 e. The van der Waals surface area contributed by atoms with Crippen LogP contribution in [0.4, 0.5) is 40.8 Å². The van der Waals surface area contributed by atoms with Gasteiger partial charge in [0.25, 0.3) is 11.1 Å². The molecule has 111 heavy (non-hydrogen) atoms. The zero-order valence-corrected chi connectivity index (χ0v) is 65.4. The number of rotatable bonds is 15. The van der Waals surface area contributed by atoms with E-state index in [4.69, 9.17) is 53.4 Å². The minimum Gasteiger partial charge on any atom is -0.399 e. The van der Waals surface area contributed by atoms with E-state index in [0.29, 0.717) is 41.1 Å². The quantitative estimate of drug-likeness (QED) is 0.0421. The van der Waals surface area contributed by atoms with Gasteiger partial charge in [-0.05, 0) is 173 Å². The lowest BCUT2D eigenvalue weighted by atomic mass is 9.80. The lowest BCUT2D eigenvalue weighted by Gasteiger charge is -2.32. The minimum absolute atomic E-state index is 0.201. The summed E-state index contributed by atoms with van der Waals surface area (Å²) in [6.07, 6.45) is 31.6. The molecule has 24 nitrogen and oxygen atoms in total. The number of hydrogen-bond donors (Lipinski definition) is 4.